The third-order valence-electron chi connectivity index (χ3n) is 3.03. The second-order valence-corrected chi connectivity index (χ2v) is 5.09. The molecule has 0 bridgehead atoms. The maximum Gasteiger partial charge on any atom is 0.0442 e. The number of hydrogen-bond donors (Lipinski definition) is 1. The molecule has 1 N–H and O–H groups in total. The molecule has 0 aliphatic carbocycles. The van der Waals surface area contributed by atoms with Crippen molar-refractivity contribution in [3.8, 4) is 0 Å². The molecule has 1 fully saturated rings. The standard InChI is InChI=1S/C12H20N2S/c1-2-4-11(12-5-3-10-15-12)14-8-6-13-7-9-14/h3,5,10-11,13H,2,4,6-9H2,1H3. The smallest absolute Gasteiger partial charge is 0.0442 e. The summed E-state index contributed by atoms with van der Waals surface area (Å²) < 4.78 is 0. The highest BCUT2D eigenvalue weighted by Crippen LogP contribution is 2.29. The van der Waals surface area contributed by atoms with Gasteiger partial charge < -0.3 is 5.32 Å². The Kier molecular flexibility index (Phi) is 4.18. The van der Waals surface area contributed by atoms with Crippen LogP contribution >= 0.6 is 11.3 Å². The molecular formula is C12H20N2S. The molecule has 2 rings (SSSR count). The molecule has 2 nitrogen and oxygen atoms in total. The van der Waals surface area contributed by atoms with Crippen molar-refractivity contribution >= 4 is 11.3 Å². The monoisotopic (exact) mass is 224 g/mol. The third kappa shape index (κ3) is 2.80. The lowest BCUT2D eigenvalue weighted by atomic mass is 10.1. The minimum atomic E-state index is 0.664. The summed E-state index contributed by atoms with van der Waals surface area (Å²) >= 11 is 1.90. The molecule has 0 radical (unpaired) electrons. The number of nitrogens with zero attached hydrogens (tertiary/aromatic N) is 1. The topological polar surface area (TPSA) is 15.3 Å². The van der Waals surface area contributed by atoms with E-state index in [0.717, 1.165) is 13.1 Å². The summed E-state index contributed by atoms with van der Waals surface area (Å²) in [6, 6.07) is 5.12. The van der Waals surface area contributed by atoms with Crippen LogP contribution in [0.5, 0.6) is 0 Å². The van der Waals surface area contributed by atoms with E-state index in [2.05, 4.69) is 34.7 Å². The normalized spacial score (nSPS) is 20.3. The van der Waals surface area contributed by atoms with E-state index in [1.54, 1.807) is 4.88 Å². The highest BCUT2D eigenvalue weighted by atomic mass is 32.1. The first kappa shape index (κ1) is 11.1. The molecule has 0 amide bonds. The van der Waals surface area contributed by atoms with Crippen molar-refractivity contribution in [1.29, 1.82) is 0 Å². The lowest BCUT2D eigenvalue weighted by Crippen LogP contribution is -2.44. The van der Waals surface area contributed by atoms with Crippen LogP contribution in [0.25, 0.3) is 0 Å². The fourth-order valence-corrected chi connectivity index (χ4v) is 3.15. The average Bonchev–Trinajstić information content (AvgIpc) is 2.80. The number of rotatable bonds is 4. The van der Waals surface area contributed by atoms with Crippen LogP contribution in [0.4, 0.5) is 0 Å². The van der Waals surface area contributed by atoms with Crippen LogP contribution in [0.3, 0.4) is 0 Å². The molecule has 3 heteroatoms. The molecule has 1 atom stereocenters. The molecule has 2 heterocycles. The first-order chi connectivity index (χ1) is 7.42. The van der Waals surface area contributed by atoms with E-state index in [-0.39, 0.29) is 0 Å². The van der Waals surface area contributed by atoms with Gasteiger partial charge in [-0.15, -0.1) is 11.3 Å². The van der Waals surface area contributed by atoms with E-state index < -0.39 is 0 Å². The molecular weight excluding hydrogens is 204 g/mol. The molecule has 0 spiro atoms. The summed E-state index contributed by atoms with van der Waals surface area (Å²) in [6.45, 7) is 6.96. The van der Waals surface area contributed by atoms with Crippen molar-refractivity contribution in [2.24, 2.45) is 0 Å². The molecule has 0 aromatic carbocycles. The summed E-state index contributed by atoms with van der Waals surface area (Å²) in [4.78, 5) is 4.17. The van der Waals surface area contributed by atoms with Gasteiger partial charge in [0.15, 0.2) is 0 Å². The fourth-order valence-electron chi connectivity index (χ4n) is 2.25. The summed E-state index contributed by atoms with van der Waals surface area (Å²) in [5.41, 5.74) is 0. The Balaban J connectivity index is 2.04. The Morgan fingerprint density at radius 1 is 1.47 bits per heavy atom. The molecule has 1 saturated heterocycles. The van der Waals surface area contributed by atoms with Crippen LogP contribution in [-0.4, -0.2) is 31.1 Å². The van der Waals surface area contributed by atoms with E-state index in [4.69, 9.17) is 0 Å². The van der Waals surface area contributed by atoms with Crippen molar-refractivity contribution in [3.05, 3.63) is 22.4 Å². The SMILES string of the molecule is CCCC(c1cccs1)N1CCNCC1. The van der Waals surface area contributed by atoms with Crippen molar-refractivity contribution in [3.63, 3.8) is 0 Å². The molecule has 1 aromatic rings. The van der Waals surface area contributed by atoms with Gasteiger partial charge in [0.05, 0.1) is 0 Å². The summed E-state index contributed by atoms with van der Waals surface area (Å²) in [7, 11) is 0. The van der Waals surface area contributed by atoms with Gasteiger partial charge in [0.1, 0.15) is 0 Å². The first-order valence-corrected chi connectivity index (χ1v) is 6.78. The molecule has 84 valence electrons. The lowest BCUT2D eigenvalue weighted by molar-refractivity contribution is 0.167. The Labute approximate surface area is 96.3 Å². The number of hydrogen-bond acceptors (Lipinski definition) is 3. The first-order valence-electron chi connectivity index (χ1n) is 5.90. The summed E-state index contributed by atoms with van der Waals surface area (Å²) in [5.74, 6) is 0. The minimum Gasteiger partial charge on any atom is -0.314 e. The molecule has 15 heavy (non-hydrogen) atoms. The van der Waals surface area contributed by atoms with Crippen LogP contribution in [0, 0.1) is 0 Å². The maximum absolute atomic E-state index is 3.42. The lowest BCUT2D eigenvalue weighted by Gasteiger charge is -2.34. The largest absolute Gasteiger partial charge is 0.314 e. The number of piperazine rings is 1. The van der Waals surface area contributed by atoms with Crippen LogP contribution in [0.15, 0.2) is 17.5 Å². The highest BCUT2D eigenvalue weighted by molar-refractivity contribution is 7.10. The van der Waals surface area contributed by atoms with Crippen molar-refractivity contribution in [2.45, 2.75) is 25.8 Å². The van der Waals surface area contributed by atoms with E-state index in [9.17, 15) is 0 Å². The van der Waals surface area contributed by atoms with Crippen LogP contribution in [0.1, 0.15) is 30.7 Å². The molecule has 1 aliphatic rings. The molecule has 1 unspecified atom stereocenters. The number of thiophene rings is 1. The van der Waals surface area contributed by atoms with Crippen LogP contribution < -0.4 is 5.32 Å². The van der Waals surface area contributed by atoms with Gasteiger partial charge in [-0.25, -0.2) is 0 Å². The van der Waals surface area contributed by atoms with Crippen LogP contribution in [-0.2, 0) is 0 Å². The molecule has 0 saturated carbocycles. The second kappa shape index (κ2) is 5.64. The average molecular weight is 224 g/mol. The zero-order valence-corrected chi connectivity index (χ0v) is 10.2. The molecule has 1 aliphatic heterocycles. The second-order valence-electron chi connectivity index (χ2n) is 4.11. The van der Waals surface area contributed by atoms with Gasteiger partial charge in [-0.2, -0.15) is 0 Å². The van der Waals surface area contributed by atoms with Gasteiger partial charge in [-0.3, -0.25) is 4.90 Å². The maximum atomic E-state index is 3.42. The van der Waals surface area contributed by atoms with E-state index >= 15 is 0 Å². The highest BCUT2D eigenvalue weighted by Gasteiger charge is 2.21. The number of nitrogens with one attached hydrogen (secondary N) is 1. The van der Waals surface area contributed by atoms with Gasteiger partial charge in [0, 0.05) is 37.1 Å². The Morgan fingerprint density at radius 3 is 2.87 bits per heavy atom. The van der Waals surface area contributed by atoms with Crippen molar-refractivity contribution in [2.75, 3.05) is 26.2 Å². The van der Waals surface area contributed by atoms with Crippen LogP contribution in [0.2, 0.25) is 0 Å². The van der Waals surface area contributed by atoms with Gasteiger partial charge in [0.25, 0.3) is 0 Å². The van der Waals surface area contributed by atoms with E-state index in [1.807, 2.05) is 11.3 Å². The summed E-state index contributed by atoms with van der Waals surface area (Å²) in [6.07, 6.45) is 2.56. The van der Waals surface area contributed by atoms with Gasteiger partial charge in [0.2, 0.25) is 0 Å². The van der Waals surface area contributed by atoms with Gasteiger partial charge in [-0.05, 0) is 17.9 Å². The zero-order chi connectivity index (χ0) is 10.5. The van der Waals surface area contributed by atoms with Crippen molar-refractivity contribution in [1.82, 2.24) is 10.2 Å². The van der Waals surface area contributed by atoms with E-state index in [1.165, 1.54) is 25.9 Å². The van der Waals surface area contributed by atoms with E-state index in [0.29, 0.717) is 6.04 Å². The third-order valence-corrected chi connectivity index (χ3v) is 4.00. The predicted molar refractivity (Wildman–Crippen MR) is 66.4 cm³/mol. The van der Waals surface area contributed by atoms with Gasteiger partial charge in [-0.1, -0.05) is 19.4 Å². The Bertz CT molecular complexity index is 265. The zero-order valence-electron chi connectivity index (χ0n) is 9.41. The quantitative estimate of drug-likeness (QED) is 0.845. The Hall–Kier alpha value is -0.380. The van der Waals surface area contributed by atoms with Crippen molar-refractivity contribution < 1.29 is 0 Å². The van der Waals surface area contributed by atoms with Gasteiger partial charge >= 0.3 is 0 Å². The fraction of sp³-hybridized carbons (Fsp3) is 0.667. The molecule has 1 aromatic heterocycles. The minimum absolute atomic E-state index is 0.664. The summed E-state index contributed by atoms with van der Waals surface area (Å²) in [5, 5.41) is 5.61. The predicted octanol–water partition coefficient (Wildman–Crippen LogP) is 2.49. The Morgan fingerprint density at radius 2 is 2.27 bits per heavy atom.